The third-order valence-corrected chi connectivity index (χ3v) is 5.19. The summed E-state index contributed by atoms with van der Waals surface area (Å²) < 4.78 is 11.0. The highest BCUT2D eigenvalue weighted by Crippen LogP contribution is 2.38. The summed E-state index contributed by atoms with van der Waals surface area (Å²) in [5.41, 5.74) is 4.14. The molecule has 0 saturated carbocycles. The highest BCUT2D eigenvalue weighted by atomic mass is 16.7. The molecular formula is C25H25NO3. The Morgan fingerprint density at radius 2 is 1.52 bits per heavy atom. The number of benzene rings is 3. The molecule has 3 aromatic rings. The topological polar surface area (TPSA) is 47.6 Å². The van der Waals surface area contributed by atoms with Crippen molar-refractivity contribution in [2.24, 2.45) is 0 Å². The lowest BCUT2D eigenvalue weighted by molar-refractivity contribution is -0.116. The molecule has 0 saturated heterocycles. The molecule has 0 spiro atoms. The van der Waals surface area contributed by atoms with Crippen molar-refractivity contribution in [3.05, 3.63) is 89.5 Å². The number of hydrogen-bond acceptors (Lipinski definition) is 3. The van der Waals surface area contributed by atoms with Crippen LogP contribution in [-0.2, 0) is 11.2 Å². The highest BCUT2D eigenvalue weighted by molar-refractivity contribution is 5.93. The van der Waals surface area contributed by atoms with Gasteiger partial charge in [-0.05, 0) is 29.2 Å². The Bertz CT molecular complexity index is 931. The molecule has 0 atom stereocenters. The monoisotopic (exact) mass is 387 g/mol. The van der Waals surface area contributed by atoms with Crippen molar-refractivity contribution in [2.45, 2.75) is 32.1 Å². The normalized spacial score (nSPS) is 12.2. The lowest BCUT2D eigenvalue weighted by Gasteiger charge is -2.19. The predicted octanol–water partition coefficient (Wildman–Crippen LogP) is 5.53. The van der Waals surface area contributed by atoms with Crippen LogP contribution in [0, 0.1) is 0 Å². The van der Waals surface area contributed by atoms with Crippen molar-refractivity contribution in [2.75, 3.05) is 12.1 Å². The molecule has 4 heteroatoms. The Labute approximate surface area is 171 Å². The molecule has 1 aliphatic heterocycles. The number of nitrogens with one attached hydrogen (secondary N) is 1. The lowest BCUT2D eigenvalue weighted by Crippen LogP contribution is -2.17. The van der Waals surface area contributed by atoms with Gasteiger partial charge in [-0.3, -0.25) is 4.79 Å². The average Bonchev–Trinajstić information content (AvgIpc) is 3.21. The van der Waals surface area contributed by atoms with E-state index in [2.05, 4.69) is 36.5 Å². The third kappa shape index (κ3) is 4.43. The zero-order valence-electron chi connectivity index (χ0n) is 16.6. The third-order valence-electron chi connectivity index (χ3n) is 5.19. The van der Waals surface area contributed by atoms with Crippen LogP contribution in [0.15, 0.2) is 72.8 Å². The largest absolute Gasteiger partial charge is 0.454 e. The Morgan fingerprint density at radius 3 is 2.10 bits per heavy atom. The quantitative estimate of drug-likeness (QED) is 0.580. The van der Waals surface area contributed by atoms with E-state index >= 15 is 0 Å². The summed E-state index contributed by atoms with van der Waals surface area (Å²) in [6.07, 6.45) is 2.22. The van der Waals surface area contributed by atoms with E-state index in [9.17, 15) is 4.79 Å². The molecular weight excluding hydrogens is 362 g/mol. The fourth-order valence-electron chi connectivity index (χ4n) is 3.76. The molecule has 0 aromatic heterocycles. The fraction of sp³-hybridized carbons (Fsp3) is 0.240. The van der Waals surface area contributed by atoms with E-state index < -0.39 is 0 Å². The molecule has 4 nitrogen and oxygen atoms in total. The van der Waals surface area contributed by atoms with Gasteiger partial charge in [0, 0.05) is 24.1 Å². The van der Waals surface area contributed by atoms with Crippen LogP contribution in [0.2, 0.25) is 0 Å². The number of amides is 1. The van der Waals surface area contributed by atoms with Gasteiger partial charge in [-0.2, -0.15) is 0 Å². The summed E-state index contributed by atoms with van der Waals surface area (Å²) in [5, 5.41) is 3.12. The fourth-order valence-corrected chi connectivity index (χ4v) is 3.76. The van der Waals surface area contributed by atoms with E-state index in [1.807, 2.05) is 48.5 Å². The molecule has 0 radical (unpaired) electrons. The van der Waals surface area contributed by atoms with E-state index in [-0.39, 0.29) is 18.6 Å². The number of hydrogen-bond donors (Lipinski definition) is 1. The maximum atomic E-state index is 13.0. The van der Waals surface area contributed by atoms with Gasteiger partial charge in [0.25, 0.3) is 0 Å². The summed E-state index contributed by atoms with van der Waals surface area (Å²) in [5.74, 6) is 1.42. The summed E-state index contributed by atoms with van der Waals surface area (Å²) in [4.78, 5) is 13.0. The zero-order chi connectivity index (χ0) is 20.1. The number of carbonyl (C=O) groups is 1. The molecule has 1 N–H and O–H groups in total. The van der Waals surface area contributed by atoms with Gasteiger partial charge in [0.1, 0.15) is 0 Å². The van der Waals surface area contributed by atoms with Crippen LogP contribution in [0.4, 0.5) is 5.69 Å². The van der Waals surface area contributed by atoms with E-state index in [0.717, 1.165) is 41.0 Å². The maximum absolute atomic E-state index is 13.0. The number of anilines is 1. The van der Waals surface area contributed by atoms with Crippen LogP contribution in [0.3, 0.4) is 0 Å². The summed E-state index contributed by atoms with van der Waals surface area (Å²) in [6, 6.07) is 24.2. The van der Waals surface area contributed by atoms with Gasteiger partial charge >= 0.3 is 0 Å². The second kappa shape index (κ2) is 8.82. The van der Waals surface area contributed by atoms with Crippen LogP contribution in [0.5, 0.6) is 11.5 Å². The number of rotatable bonds is 7. The lowest BCUT2D eigenvalue weighted by atomic mass is 9.88. The van der Waals surface area contributed by atoms with Gasteiger partial charge in [-0.25, -0.2) is 0 Å². The second-order valence-corrected chi connectivity index (χ2v) is 7.24. The molecule has 3 aromatic carbocycles. The first-order chi connectivity index (χ1) is 14.2. The standard InChI is InChI=1S/C25H25NO3/c1-2-9-20-14-23-24(29-17-28-23)16-22(20)26-25(27)15-21(18-10-5-3-6-11-18)19-12-7-4-8-13-19/h3-8,10-14,16,21H,2,9,15,17H2,1H3,(H,26,27). The molecule has 0 aliphatic carbocycles. The summed E-state index contributed by atoms with van der Waals surface area (Å²) in [7, 11) is 0. The molecule has 0 fully saturated rings. The average molecular weight is 387 g/mol. The molecule has 4 rings (SSSR count). The van der Waals surface area contributed by atoms with Crippen LogP contribution in [0.25, 0.3) is 0 Å². The van der Waals surface area contributed by atoms with Gasteiger partial charge in [-0.15, -0.1) is 0 Å². The minimum Gasteiger partial charge on any atom is -0.454 e. The van der Waals surface area contributed by atoms with Crippen molar-refractivity contribution >= 4 is 11.6 Å². The van der Waals surface area contributed by atoms with Gasteiger partial charge in [0.2, 0.25) is 12.7 Å². The minimum absolute atomic E-state index is 0.000959. The van der Waals surface area contributed by atoms with Crippen LogP contribution in [-0.4, -0.2) is 12.7 Å². The first-order valence-electron chi connectivity index (χ1n) is 10.1. The molecule has 1 amide bonds. The molecule has 1 heterocycles. The molecule has 0 unspecified atom stereocenters. The van der Waals surface area contributed by atoms with Crippen LogP contribution in [0.1, 0.15) is 42.4 Å². The Kier molecular flexibility index (Phi) is 5.80. The molecule has 0 bridgehead atoms. The summed E-state index contributed by atoms with van der Waals surface area (Å²) >= 11 is 0. The second-order valence-electron chi connectivity index (χ2n) is 7.24. The van der Waals surface area contributed by atoms with Gasteiger partial charge < -0.3 is 14.8 Å². The van der Waals surface area contributed by atoms with E-state index in [1.54, 1.807) is 0 Å². The van der Waals surface area contributed by atoms with Crippen molar-refractivity contribution in [3.63, 3.8) is 0 Å². The Hall–Kier alpha value is -3.27. The van der Waals surface area contributed by atoms with Gasteiger partial charge in [0.15, 0.2) is 11.5 Å². The highest BCUT2D eigenvalue weighted by Gasteiger charge is 2.21. The zero-order valence-corrected chi connectivity index (χ0v) is 16.6. The van der Waals surface area contributed by atoms with E-state index in [1.165, 1.54) is 0 Å². The Morgan fingerprint density at radius 1 is 0.931 bits per heavy atom. The number of aryl methyl sites for hydroxylation is 1. The van der Waals surface area contributed by atoms with Gasteiger partial charge in [-0.1, -0.05) is 74.0 Å². The predicted molar refractivity (Wildman–Crippen MR) is 115 cm³/mol. The minimum atomic E-state index is -0.0149. The van der Waals surface area contributed by atoms with Crippen molar-refractivity contribution in [3.8, 4) is 11.5 Å². The SMILES string of the molecule is CCCc1cc2c(cc1NC(=O)CC(c1ccccc1)c1ccccc1)OCO2. The molecule has 148 valence electrons. The molecule has 1 aliphatic rings. The first-order valence-corrected chi connectivity index (χ1v) is 10.1. The van der Waals surface area contributed by atoms with Crippen molar-refractivity contribution < 1.29 is 14.3 Å². The first kappa shape index (κ1) is 19.1. The smallest absolute Gasteiger partial charge is 0.231 e. The van der Waals surface area contributed by atoms with Crippen LogP contribution < -0.4 is 14.8 Å². The van der Waals surface area contributed by atoms with Crippen LogP contribution >= 0.6 is 0 Å². The summed E-state index contributed by atoms with van der Waals surface area (Å²) in [6.45, 7) is 2.35. The van der Waals surface area contributed by atoms with Crippen molar-refractivity contribution in [1.82, 2.24) is 0 Å². The Balaban J connectivity index is 1.58. The number of fused-ring (bicyclic) bond motifs is 1. The number of ether oxygens (including phenoxy) is 2. The van der Waals surface area contributed by atoms with E-state index in [0.29, 0.717) is 12.2 Å². The van der Waals surface area contributed by atoms with Gasteiger partial charge in [0.05, 0.1) is 0 Å². The number of carbonyl (C=O) groups excluding carboxylic acids is 1. The van der Waals surface area contributed by atoms with E-state index in [4.69, 9.17) is 9.47 Å². The van der Waals surface area contributed by atoms with Crippen molar-refractivity contribution in [1.29, 1.82) is 0 Å². The maximum Gasteiger partial charge on any atom is 0.231 e. The molecule has 29 heavy (non-hydrogen) atoms.